The van der Waals surface area contributed by atoms with E-state index in [0.29, 0.717) is 18.2 Å². The largest absolute Gasteiger partial charge is 0.476 e. The Labute approximate surface area is 108 Å². The van der Waals surface area contributed by atoms with Gasteiger partial charge in [-0.2, -0.15) is 0 Å². The third-order valence-electron chi connectivity index (χ3n) is 3.29. The number of pyridine rings is 1. The molecule has 100 valence electrons. The molecule has 2 rings (SSSR count). The predicted octanol–water partition coefficient (Wildman–Crippen LogP) is 2.87. The Bertz CT molecular complexity index is 393. The first-order chi connectivity index (χ1) is 8.72. The van der Waals surface area contributed by atoms with Crippen LogP contribution in [0.25, 0.3) is 0 Å². The molecule has 0 aliphatic heterocycles. The molecule has 1 atom stereocenters. The number of nitrogens with zero attached hydrogens (tertiary/aromatic N) is 1. The molecule has 1 aromatic rings. The van der Waals surface area contributed by atoms with Crippen molar-refractivity contribution in [3.8, 4) is 5.88 Å². The van der Waals surface area contributed by atoms with Gasteiger partial charge in [-0.1, -0.05) is 6.92 Å². The number of nitrogens with one attached hydrogen (secondary N) is 1. The molecule has 1 aliphatic carbocycles. The second kappa shape index (κ2) is 6.14. The van der Waals surface area contributed by atoms with Crippen molar-refractivity contribution < 1.29 is 9.13 Å². The third kappa shape index (κ3) is 3.42. The molecule has 1 fully saturated rings. The van der Waals surface area contributed by atoms with Crippen LogP contribution in [-0.4, -0.2) is 24.2 Å². The van der Waals surface area contributed by atoms with E-state index < -0.39 is 0 Å². The highest BCUT2D eigenvalue weighted by Crippen LogP contribution is 2.26. The maximum Gasteiger partial charge on any atom is 0.250 e. The molecule has 0 amide bonds. The lowest BCUT2D eigenvalue weighted by molar-refractivity contribution is 0.305. The molecule has 0 bridgehead atoms. The minimum absolute atomic E-state index is 0.122. The fourth-order valence-corrected chi connectivity index (χ4v) is 2.00. The second-order valence-electron chi connectivity index (χ2n) is 4.87. The maximum absolute atomic E-state index is 14.1. The van der Waals surface area contributed by atoms with E-state index in [4.69, 9.17) is 4.74 Å². The van der Waals surface area contributed by atoms with Gasteiger partial charge in [0, 0.05) is 12.2 Å². The van der Waals surface area contributed by atoms with Crippen LogP contribution in [0.5, 0.6) is 5.88 Å². The average Bonchev–Trinajstić information content (AvgIpc) is 3.16. The quantitative estimate of drug-likeness (QED) is 0.810. The first-order valence-electron chi connectivity index (χ1n) is 6.73. The zero-order valence-corrected chi connectivity index (χ0v) is 11.1. The van der Waals surface area contributed by atoms with Gasteiger partial charge in [-0.15, -0.1) is 0 Å². The molecule has 3 nitrogen and oxygen atoms in total. The van der Waals surface area contributed by atoms with Crippen molar-refractivity contribution in [3.05, 3.63) is 23.6 Å². The molecule has 4 heteroatoms. The van der Waals surface area contributed by atoms with Gasteiger partial charge >= 0.3 is 0 Å². The molecule has 1 unspecified atom stereocenters. The molecule has 18 heavy (non-hydrogen) atoms. The number of hydrogen-bond acceptors (Lipinski definition) is 3. The summed E-state index contributed by atoms with van der Waals surface area (Å²) in [6, 6.07) is 2.46. The van der Waals surface area contributed by atoms with Crippen molar-refractivity contribution >= 4 is 0 Å². The first-order valence-corrected chi connectivity index (χ1v) is 6.73. The van der Waals surface area contributed by atoms with Crippen LogP contribution >= 0.6 is 0 Å². The van der Waals surface area contributed by atoms with Crippen LogP contribution in [0.4, 0.5) is 4.39 Å². The second-order valence-corrected chi connectivity index (χ2v) is 4.87. The Hall–Kier alpha value is -1.16. The Morgan fingerprint density at radius 2 is 2.33 bits per heavy atom. The van der Waals surface area contributed by atoms with Crippen molar-refractivity contribution in [2.75, 3.05) is 13.2 Å². The molecule has 0 radical (unpaired) electrons. The van der Waals surface area contributed by atoms with Crippen LogP contribution in [0.15, 0.2) is 12.3 Å². The van der Waals surface area contributed by atoms with Crippen molar-refractivity contribution in [2.45, 2.75) is 45.1 Å². The van der Waals surface area contributed by atoms with Crippen LogP contribution < -0.4 is 10.1 Å². The van der Waals surface area contributed by atoms with Gasteiger partial charge in [0.15, 0.2) is 5.82 Å². The zero-order chi connectivity index (χ0) is 13.0. The minimum atomic E-state index is -0.307. The van der Waals surface area contributed by atoms with Crippen molar-refractivity contribution in [1.82, 2.24) is 10.3 Å². The number of aromatic nitrogens is 1. The van der Waals surface area contributed by atoms with E-state index >= 15 is 0 Å². The Balaban J connectivity index is 1.94. The first kappa shape index (κ1) is 13.3. The van der Waals surface area contributed by atoms with Gasteiger partial charge in [0.25, 0.3) is 5.88 Å². The lowest BCUT2D eigenvalue weighted by Gasteiger charge is -2.14. The summed E-state index contributed by atoms with van der Waals surface area (Å²) in [7, 11) is 0. The third-order valence-corrected chi connectivity index (χ3v) is 3.29. The smallest absolute Gasteiger partial charge is 0.250 e. The molecule has 1 saturated carbocycles. The highest BCUT2D eigenvalue weighted by Gasteiger charge is 2.21. The van der Waals surface area contributed by atoms with Crippen molar-refractivity contribution in [2.24, 2.45) is 0 Å². The Morgan fingerprint density at radius 3 is 3.00 bits per heavy atom. The fourth-order valence-electron chi connectivity index (χ4n) is 2.00. The highest BCUT2D eigenvalue weighted by molar-refractivity contribution is 5.26. The maximum atomic E-state index is 14.1. The topological polar surface area (TPSA) is 34.1 Å². The summed E-state index contributed by atoms with van der Waals surface area (Å²) < 4.78 is 19.3. The van der Waals surface area contributed by atoms with Gasteiger partial charge in [0.2, 0.25) is 0 Å². The number of halogens is 1. The molecule has 1 heterocycles. The van der Waals surface area contributed by atoms with Gasteiger partial charge in [0.1, 0.15) is 0 Å². The van der Waals surface area contributed by atoms with Gasteiger partial charge in [-0.25, -0.2) is 9.37 Å². The monoisotopic (exact) mass is 252 g/mol. The predicted molar refractivity (Wildman–Crippen MR) is 69.4 cm³/mol. The van der Waals surface area contributed by atoms with E-state index in [0.717, 1.165) is 13.0 Å². The molecule has 1 N–H and O–H groups in total. The van der Waals surface area contributed by atoms with Crippen molar-refractivity contribution in [3.63, 3.8) is 0 Å². The van der Waals surface area contributed by atoms with E-state index in [1.807, 2.05) is 13.8 Å². The lowest BCUT2D eigenvalue weighted by atomic mass is 9.98. The zero-order valence-electron chi connectivity index (χ0n) is 11.1. The summed E-state index contributed by atoms with van der Waals surface area (Å²) in [5.74, 6) is -0.00581. The van der Waals surface area contributed by atoms with Crippen LogP contribution in [0, 0.1) is 5.82 Å². The molecule has 1 aromatic heterocycles. The molecule has 1 aliphatic rings. The molecule has 0 aromatic carbocycles. The number of rotatable bonds is 7. The Kier molecular flexibility index (Phi) is 4.53. The fraction of sp³-hybridized carbons (Fsp3) is 0.643. The lowest BCUT2D eigenvalue weighted by Crippen LogP contribution is -2.19. The Morgan fingerprint density at radius 1 is 1.56 bits per heavy atom. The van der Waals surface area contributed by atoms with E-state index in [-0.39, 0.29) is 17.6 Å². The van der Waals surface area contributed by atoms with Gasteiger partial charge in [-0.3, -0.25) is 0 Å². The molecule has 0 spiro atoms. The highest BCUT2D eigenvalue weighted by atomic mass is 19.1. The number of hydrogen-bond donors (Lipinski definition) is 1. The van der Waals surface area contributed by atoms with E-state index in [1.54, 1.807) is 12.3 Å². The summed E-state index contributed by atoms with van der Waals surface area (Å²) in [5, 5.41) is 3.45. The van der Waals surface area contributed by atoms with Crippen molar-refractivity contribution in [1.29, 1.82) is 0 Å². The number of ether oxygens (including phenoxy) is 1. The summed E-state index contributed by atoms with van der Waals surface area (Å²) in [4.78, 5) is 3.92. The molecule has 0 saturated heterocycles. The van der Waals surface area contributed by atoms with E-state index in [2.05, 4.69) is 10.3 Å². The van der Waals surface area contributed by atoms with Crippen LogP contribution in [0.3, 0.4) is 0 Å². The summed E-state index contributed by atoms with van der Waals surface area (Å²) in [5.41, 5.74) is 0.700. The van der Waals surface area contributed by atoms with E-state index in [1.165, 1.54) is 12.8 Å². The average molecular weight is 252 g/mol. The van der Waals surface area contributed by atoms with E-state index in [9.17, 15) is 4.39 Å². The van der Waals surface area contributed by atoms with Crippen LogP contribution in [-0.2, 0) is 0 Å². The van der Waals surface area contributed by atoms with Gasteiger partial charge in [-0.05, 0) is 50.3 Å². The summed E-state index contributed by atoms with van der Waals surface area (Å²) >= 11 is 0. The SMILES string of the molecule is CCOc1nccc(C(C)CCNC2CC2)c1F. The van der Waals surface area contributed by atoms with Crippen LogP contribution in [0.1, 0.15) is 44.6 Å². The summed E-state index contributed by atoms with van der Waals surface area (Å²) in [6.45, 7) is 5.25. The molecular weight excluding hydrogens is 231 g/mol. The minimum Gasteiger partial charge on any atom is -0.476 e. The van der Waals surface area contributed by atoms with Gasteiger partial charge in [0.05, 0.1) is 6.61 Å². The summed E-state index contributed by atoms with van der Waals surface area (Å²) in [6.07, 6.45) is 5.12. The van der Waals surface area contributed by atoms with Gasteiger partial charge < -0.3 is 10.1 Å². The standard InChI is InChI=1S/C14H21FN2O/c1-3-18-14-13(15)12(7-9-17-14)10(2)6-8-16-11-4-5-11/h7,9-11,16H,3-6,8H2,1-2H3. The van der Waals surface area contributed by atoms with Crippen LogP contribution in [0.2, 0.25) is 0 Å². The normalized spacial score (nSPS) is 16.6. The molecular formula is C14H21FN2O.